The zero-order chi connectivity index (χ0) is 37.4. The third kappa shape index (κ3) is 20.3. The van der Waals surface area contributed by atoms with Gasteiger partial charge in [-0.05, 0) is 35.1 Å². The van der Waals surface area contributed by atoms with E-state index >= 15 is 0 Å². The molecule has 0 unspecified atom stereocenters. The molecule has 0 aliphatic heterocycles. The number of carbonyl (C=O) groups is 2. The lowest BCUT2D eigenvalue weighted by Gasteiger charge is -2.14. The number of ether oxygens (including phenoxy) is 8. The molecule has 0 aromatic heterocycles. The number of fused-ring (bicyclic) bond motifs is 3. The van der Waals surface area contributed by atoms with Crippen molar-refractivity contribution in [2.24, 2.45) is 0 Å². The Bertz CT molecular complexity index is 1180. The van der Waals surface area contributed by atoms with Gasteiger partial charge in [0.25, 0.3) is 0 Å². The molecule has 0 saturated carbocycles. The maximum atomic E-state index is 12.3. The number of amides is 1. The minimum absolute atomic E-state index is 0.0502. The van der Waals surface area contributed by atoms with Gasteiger partial charge in [-0.3, -0.25) is 4.79 Å². The molecule has 1 aliphatic rings. The summed E-state index contributed by atoms with van der Waals surface area (Å²) in [5.74, 6) is -0.0895. The van der Waals surface area contributed by atoms with Gasteiger partial charge in [-0.1, -0.05) is 107 Å². The van der Waals surface area contributed by atoms with E-state index in [0.717, 1.165) is 12.8 Å². The highest BCUT2D eigenvalue weighted by Crippen LogP contribution is 2.44. The first-order chi connectivity index (χ1) is 26.2. The summed E-state index contributed by atoms with van der Waals surface area (Å²) in [6, 6.07) is 16.6. The topological polar surface area (TPSA) is 120 Å². The van der Waals surface area contributed by atoms with E-state index < -0.39 is 6.09 Å². The number of alkyl carbamates (subject to hydrolysis) is 1. The quantitative estimate of drug-likeness (QED) is 0.0571. The molecular weight excluding hydrogens is 678 g/mol. The van der Waals surface area contributed by atoms with Crippen LogP contribution in [0.15, 0.2) is 48.5 Å². The van der Waals surface area contributed by atoms with Crippen molar-refractivity contribution in [2.45, 2.75) is 83.5 Å². The van der Waals surface area contributed by atoms with Crippen molar-refractivity contribution in [3.8, 4) is 11.1 Å². The molecule has 3 rings (SSSR count). The number of nitrogens with one attached hydrogen (secondary N) is 1. The van der Waals surface area contributed by atoms with Crippen LogP contribution in [0.4, 0.5) is 4.79 Å². The van der Waals surface area contributed by atoms with Crippen LogP contribution < -0.4 is 5.32 Å². The Morgan fingerprint density at radius 1 is 0.509 bits per heavy atom. The minimum Gasteiger partial charge on any atom is -0.463 e. The van der Waals surface area contributed by atoms with Gasteiger partial charge < -0.3 is 43.2 Å². The average Bonchev–Trinajstić information content (AvgIpc) is 3.50. The molecule has 1 aliphatic carbocycles. The van der Waals surface area contributed by atoms with Crippen LogP contribution in [0.25, 0.3) is 11.1 Å². The zero-order valence-corrected chi connectivity index (χ0v) is 32.2. The SMILES string of the molecule is CCCCCCCCCCCC(=O)OCCOCCOCCOCCOCCOCCOCCCNC(=O)OCC1c2ccccc2-c2ccccc21. The van der Waals surface area contributed by atoms with E-state index in [4.69, 9.17) is 37.9 Å². The summed E-state index contributed by atoms with van der Waals surface area (Å²) in [4.78, 5) is 24.1. The van der Waals surface area contributed by atoms with Crippen molar-refractivity contribution in [1.29, 1.82) is 0 Å². The molecule has 0 spiro atoms. The van der Waals surface area contributed by atoms with E-state index in [1.807, 2.05) is 24.3 Å². The summed E-state index contributed by atoms with van der Waals surface area (Å²) < 4.78 is 43.9. The second kappa shape index (κ2) is 30.3. The van der Waals surface area contributed by atoms with Gasteiger partial charge in [-0.15, -0.1) is 0 Å². The largest absolute Gasteiger partial charge is 0.463 e. The summed E-state index contributed by atoms with van der Waals surface area (Å²) in [6.07, 6.45) is 11.8. The van der Waals surface area contributed by atoms with E-state index in [1.54, 1.807) is 0 Å². The fourth-order valence-corrected chi connectivity index (χ4v) is 6.08. The van der Waals surface area contributed by atoms with Crippen molar-refractivity contribution in [3.63, 3.8) is 0 Å². The molecule has 0 fully saturated rings. The van der Waals surface area contributed by atoms with Gasteiger partial charge in [0.05, 0.1) is 72.7 Å². The number of hydrogen-bond donors (Lipinski definition) is 1. The van der Waals surface area contributed by atoms with Gasteiger partial charge >= 0.3 is 12.1 Å². The van der Waals surface area contributed by atoms with Crippen LogP contribution in [0, 0.1) is 0 Å². The number of carbonyl (C=O) groups excluding carboxylic acids is 2. The Kier molecular flexibility index (Phi) is 25.3. The third-order valence-electron chi connectivity index (χ3n) is 8.91. The van der Waals surface area contributed by atoms with Crippen LogP contribution in [0.5, 0.6) is 0 Å². The van der Waals surface area contributed by atoms with Crippen LogP contribution >= 0.6 is 0 Å². The lowest BCUT2D eigenvalue weighted by molar-refractivity contribution is -0.145. The monoisotopic (exact) mass is 743 g/mol. The van der Waals surface area contributed by atoms with Crippen LogP contribution in [-0.4, -0.2) is 111 Å². The van der Waals surface area contributed by atoms with Gasteiger partial charge in [0.15, 0.2) is 0 Å². The number of unbranched alkanes of at least 4 members (excludes halogenated alkanes) is 8. The lowest BCUT2D eigenvalue weighted by Crippen LogP contribution is -2.27. The van der Waals surface area contributed by atoms with E-state index in [-0.39, 0.29) is 18.5 Å². The fourth-order valence-electron chi connectivity index (χ4n) is 6.08. The molecule has 0 atom stereocenters. The van der Waals surface area contributed by atoms with Crippen molar-refractivity contribution in [2.75, 3.05) is 99.0 Å². The molecule has 0 heterocycles. The van der Waals surface area contributed by atoms with Crippen molar-refractivity contribution in [3.05, 3.63) is 59.7 Å². The van der Waals surface area contributed by atoms with Gasteiger partial charge in [0.1, 0.15) is 13.2 Å². The predicted octanol–water partition coefficient (Wildman–Crippen LogP) is 7.48. The molecule has 11 nitrogen and oxygen atoms in total. The summed E-state index contributed by atoms with van der Waals surface area (Å²) in [7, 11) is 0. The molecular formula is C42H65NO10. The second-order valence-electron chi connectivity index (χ2n) is 13.1. The van der Waals surface area contributed by atoms with Gasteiger partial charge in [-0.2, -0.15) is 0 Å². The van der Waals surface area contributed by atoms with Gasteiger partial charge in [0.2, 0.25) is 0 Å². The maximum Gasteiger partial charge on any atom is 0.407 e. The Labute approximate surface area is 317 Å². The molecule has 2 aromatic rings. The molecule has 0 saturated heterocycles. The zero-order valence-electron chi connectivity index (χ0n) is 32.2. The van der Waals surface area contributed by atoms with Gasteiger partial charge in [-0.25, -0.2) is 4.79 Å². The number of esters is 1. The molecule has 298 valence electrons. The normalized spacial score (nSPS) is 12.1. The first-order valence-electron chi connectivity index (χ1n) is 19.9. The van der Waals surface area contributed by atoms with Gasteiger partial charge in [0, 0.05) is 25.5 Å². The smallest absolute Gasteiger partial charge is 0.407 e. The summed E-state index contributed by atoms with van der Waals surface area (Å²) in [5.41, 5.74) is 4.81. The minimum atomic E-state index is -0.415. The fraction of sp³-hybridized carbons (Fsp3) is 0.667. The average molecular weight is 744 g/mol. The lowest BCUT2D eigenvalue weighted by atomic mass is 9.98. The standard InChI is InChI=1S/C42H65NO10/c1-2-3-4-5-6-7-8-9-10-20-41(44)52-34-33-51-32-31-50-30-29-49-28-27-48-26-25-47-24-23-46-22-15-21-43-42(45)53-35-40-38-18-13-11-16-36(38)37-17-12-14-19-39(37)40/h11-14,16-19,40H,2-10,15,20-35H2,1H3,(H,43,45). The van der Waals surface area contributed by atoms with E-state index in [9.17, 15) is 9.59 Å². The predicted molar refractivity (Wildman–Crippen MR) is 205 cm³/mol. The highest BCUT2D eigenvalue weighted by atomic mass is 16.6. The van der Waals surface area contributed by atoms with E-state index in [2.05, 4.69) is 36.5 Å². The molecule has 53 heavy (non-hydrogen) atoms. The third-order valence-corrected chi connectivity index (χ3v) is 8.91. The Morgan fingerprint density at radius 2 is 0.943 bits per heavy atom. The van der Waals surface area contributed by atoms with Crippen LogP contribution in [0.2, 0.25) is 0 Å². The molecule has 11 heteroatoms. The molecule has 1 amide bonds. The van der Waals surface area contributed by atoms with Crippen molar-refractivity contribution in [1.82, 2.24) is 5.32 Å². The molecule has 2 aromatic carbocycles. The van der Waals surface area contributed by atoms with Crippen LogP contribution in [0.3, 0.4) is 0 Å². The molecule has 0 radical (unpaired) electrons. The van der Waals surface area contributed by atoms with Crippen molar-refractivity contribution >= 4 is 12.1 Å². The molecule has 0 bridgehead atoms. The highest BCUT2D eigenvalue weighted by Gasteiger charge is 2.28. The first-order valence-corrected chi connectivity index (χ1v) is 19.9. The molecule has 1 N–H and O–H groups in total. The maximum absolute atomic E-state index is 12.3. The number of hydrogen-bond acceptors (Lipinski definition) is 10. The van der Waals surface area contributed by atoms with Crippen LogP contribution in [0.1, 0.15) is 94.6 Å². The Morgan fingerprint density at radius 3 is 1.45 bits per heavy atom. The summed E-state index contributed by atoms with van der Waals surface area (Å²) in [5, 5.41) is 2.81. The summed E-state index contributed by atoms with van der Waals surface area (Å²) in [6.45, 7) is 8.96. The van der Waals surface area contributed by atoms with Crippen LogP contribution in [-0.2, 0) is 42.7 Å². The van der Waals surface area contributed by atoms with E-state index in [0.29, 0.717) is 105 Å². The van der Waals surface area contributed by atoms with E-state index in [1.165, 1.54) is 67.2 Å². The highest BCUT2D eigenvalue weighted by molar-refractivity contribution is 5.79. The number of benzene rings is 2. The second-order valence-corrected chi connectivity index (χ2v) is 13.1. The van der Waals surface area contributed by atoms with Crippen molar-refractivity contribution < 1.29 is 47.5 Å². The number of rotatable bonds is 34. The summed E-state index contributed by atoms with van der Waals surface area (Å²) >= 11 is 0. The first kappa shape index (κ1) is 44.3. The Balaban J connectivity index is 0.971. The Hall–Kier alpha value is -3.06.